The summed E-state index contributed by atoms with van der Waals surface area (Å²) in [5, 5.41) is 0.0291. The lowest BCUT2D eigenvalue weighted by Gasteiger charge is -2.23. The van der Waals surface area contributed by atoms with E-state index in [1.54, 1.807) is 23.7 Å². The van der Waals surface area contributed by atoms with Crippen molar-refractivity contribution in [3.63, 3.8) is 0 Å². The normalized spacial score (nSPS) is 11.6. The summed E-state index contributed by atoms with van der Waals surface area (Å²) in [4.78, 5) is 3.99. The number of benzene rings is 1. The van der Waals surface area contributed by atoms with Gasteiger partial charge in [-0.2, -0.15) is 8.42 Å². The number of aromatic nitrogens is 2. The first-order valence-electron chi connectivity index (χ1n) is 7.79. The SMILES string of the molecule is CCCCOCCN(c1ccc(Br)cc1)S(=O)(=O)c1cn(C)cn1. The molecule has 1 heterocycles. The second-order valence-electron chi connectivity index (χ2n) is 5.40. The molecule has 0 amide bonds. The average Bonchev–Trinajstić information content (AvgIpc) is 2.99. The van der Waals surface area contributed by atoms with Gasteiger partial charge in [0.2, 0.25) is 0 Å². The van der Waals surface area contributed by atoms with E-state index in [0.29, 0.717) is 18.9 Å². The third kappa shape index (κ3) is 4.81. The highest BCUT2D eigenvalue weighted by molar-refractivity contribution is 9.10. The van der Waals surface area contributed by atoms with Crippen molar-refractivity contribution in [2.45, 2.75) is 24.8 Å². The minimum atomic E-state index is -3.73. The van der Waals surface area contributed by atoms with Crippen LogP contribution in [0.5, 0.6) is 0 Å². The standard InChI is InChI=1S/C16H22BrN3O3S/c1-3-4-10-23-11-9-20(15-7-5-14(17)6-8-15)24(21,22)16-12-19(2)13-18-16/h5-8,12-13H,3-4,9-11H2,1-2H3. The van der Waals surface area contributed by atoms with Crippen molar-refractivity contribution in [1.29, 1.82) is 0 Å². The number of hydrogen-bond acceptors (Lipinski definition) is 4. The highest BCUT2D eigenvalue weighted by Crippen LogP contribution is 2.24. The van der Waals surface area contributed by atoms with Crippen LogP contribution in [-0.4, -0.2) is 37.7 Å². The van der Waals surface area contributed by atoms with Crippen LogP contribution in [0.4, 0.5) is 5.69 Å². The molecule has 0 aliphatic heterocycles. The Morgan fingerprint density at radius 2 is 1.96 bits per heavy atom. The summed E-state index contributed by atoms with van der Waals surface area (Å²) in [5.41, 5.74) is 0.586. The lowest BCUT2D eigenvalue weighted by Crippen LogP contribution is -2.34. The van der Waals surface area contributed by atoms with Gasteiger partial charge in [0.1, 0.15) is 0 Å². The summed E-state index contributed by atoms with van der Waals surface area (Å²) >= 11 is 3.37. The Balaban J connectivity index is 2.23. The molecule has 1 aromatic carbocycles. The Labute approximate surface area is 151 Å². The van der Waals surface area contributed by atoms with E-state index in [-0.39, 0.29) is 11.6 Å². The van der Waals surface area contributed by atoms with E-state index in [4.69, 9.17) is 4.74 Å². The number of ether oxygens (including phenoxy) is 1. The molecule has 0 saturated heterocycles. The third-order valence-electron chi connectivity index (χ3n) is 3.43. The predicted molar refractivity (Wildman–Crippen MR) is 97.6 cm³/mol. The molecule has 0 unspecified atom stereocenters. The van der Waals surface area contributed by atoms with Gasteiger partial charge in [-0.25, -0.2) is 4.98 Å². The van der Waals surface area contributed by atoms with E-state index in [1.807, 2.05) is 12.1 Å². The van der Waals surface area contributed by atoms with Crippen molar-refractivity contribution in [3.8, 4) is 0 Å². The molecular weight excluding hydrogens is 394 g/mol. The van der Waals surface area contributed by atoms with Gasteiger partial charge < -0.3 is 9.30 Å². The minimum Gasteiger partial charge on any atom is -0.380 e. The third-order valence-corrected chi connectivity index (χ3v) is 5.67. The van der Waals surface area contributed by atoms with Crippen LogP contribution in [0.3, 0.4) is 0 Å². The molecule has 0 aliphatic carbocycles. The Kier molecular flexibility index (Phi) is 6.82. The molecule has 0 atom stereocenters. The monoisotopic (exact) mass is 415 g/mol. The number of rotatable bonds is 9. The van der Waals surface area contributed by atoms with Crippen LogP contribution >= 0.6 is 15.9 Å². The second-order valence-corrected chi connectivity index (χ2v) is 8.12. The number of sulfonamides is 1. The summed E-state index contributed by atoms with van der Waals surface area (Å²) in [6.45, 7) is 3.30. The van der Waals surface area contributed by atoms with Crippen LogP contribution in [-0.2, 0) is 21.8 Å². The molecule has 0 fully saturated rings. The van der Waals surface area contributed by atoms with Gasteiger partial charge >= 0.3 is 0 Å². The van der Waals surface area contributed by atoms with Crippen molar-refractivity contribution >= 4 is 31.6 Å². The zero-order valence-electron chi connectivity index (χ0n) is 13.9. The van der Waals surface area contributed by atoms with E-state index in [9.17, 15) is 8.42 Å². The quantitative estimate of drug-likeness (QED) is 0.589. The number of halogens is 1. The summed E-state index contributed by atoms with van der Waals surface area (Å²) in [6, 6.07) is 7.15. The van der Waals surface area contributed by atoms with Crippen LogP contribution in [0.15, 0.2) is 46.3 Å². The molecule has 6 nitrogen and oxygen atoms in total. The van der Waals surface area contributed by atoms with Gasteiger partial charge in [0, 0.05) is 24.3 Å². The first-order chi connectivity index (χ1) is 11.4. The van der Waals surface area contributed by atoms with Gasteiger partial charge in [0.25, 0.3) is 10.0 Å². The maximum absolute atomic E-state index is 12.9. The summed E-state index contributed by atoms with van der Waals surface area (Å²) in [6.07, 6.45) is 4.98. The molecule has 132 valence electrons. The highest BCUT2D eigenvalue weighted by atomic mass is 79.9. The van der Waals surface area contributed by atoms with Gasteiger partial charge in [-0.1, -0.05) is 29.3 Å². The minimum absolute atomic E-state index is 0.0291. The average molecular weight is 416 g/mol. The Morgan fingerprint density at radius 3 is 2.54 bits per heavy atom. The molecule has 2 rings (SSSR count). The van der Waals surface area contributed by atoms with E-state index >= 15 is 0 Å². The lowest BCUT2D eigenvalue weighted by atomic mass is 10.3. The topological polar surface area (TPSA) is 64.4 Å². The van der Waals surface area contributed by atoms with Gasteiger partial charge in [0.15, 0.2) is 5.03 Å². The summed E-state index contributed by atoms with van der Waals surface area (Å²) < 4.78 is 35.3. The van der Waals surface area contributed by atoms with Crippen molar-refractivity contribution in [3.05, 3.63) is 41.3 Å². The fraction of sp³-hybridized carbons (Fsp3) is 0.438. The molecule has 0 spiro atoms. The number of unbranched alkanes of at least 4 members (excludes halogenated alkanes) is 1. The summed E-state index contributed by atoms with van der Waals surface area (Å²) in [5.74, 6) is 0. The number of nitrogens with zero attached hydrogens (tertiary/aromatic N) is 3. The predicted octanol–water partition coefficient (Wildman–Crippen LogP) is 3.19. The van der Waals surface area contributed by atoms with E-state index < -0.39 is 10.0 Å². The Bertz CT molecular complexity index is 744. The van der Waals surface area contributed by atoms with E-state index in [0.717, 1.165) is 17.3 Å². The first-order valence-corrected chi connectivity index (χ1v) is 10.0. The molecule has 0 N–H and O–H groups in total. The van der Waals surface area contributed by atoms with Gasteiger partial charge in [-0.05, 0) is 30.7 Å². The fourth-order valence-electron chi connectivity index (χ4n) is 2.13. The number of hydrogen-bond donors (Lipinski definition) is 0. The van der Waals surface area contributed by atoms with Gasteiger partial charge in [-0.15, -0.1) is 0 Å². The molecule has 2 aromatic rings. The fourth-order valence-corrected chi connectivity index (χ4v) is 3.81. The molecule has 0 radical (unpaired) electrons. The Hall–Kier alpha value is -1.38. The lowest BCUT2D eigenvalue weighted by molar-refractivity contribution is 0.139. The maximum Gasteiger partial charge on any atom is 0.283 e. The van der Waals surface area contributed by atoms with E-state index in [1.165, 1.54) is 16.8 Å². The molecule has 1 aromatic heterocycles. The second kappa shape index (κ2) is 8.64. The van der Waals surface area contributed by atoms with Crippen LogP contribution < -0.4 is 4.31 Å². The molecule has 0 bridgehead atoms. The smallest absolute Gasteiger partial charge is 0.283 e. The zero-order valence-corrected chi connectivity index (χ0v) is 16.3. The van der Waals surface area contributed by atoms with Crippen molar-refractivity contribution in [2.24, 2.45) is 7.05 Å². The van der Waals surface area contributed by atoms with Gasteiger partial charge in [-0.3, -0.25) is 4.31 Å². The van der Waals surface area contributed by atoms with Crippen LogP contribution in [0, 0.1) is 0 Å². The van der Waals surface area contributed by atoms with E-state index in [2.05, 4.69) is 27.8 Å². The first kappa shape index (κ1) is 19.0. The number of aryl methyl sites for hydroxylation is 1. The maximum atomic E-state index is 12.9. The number of anilines is 1. The largest absolute Gasteiger partial charge is 0.380 e. The number of imidazole rings is 1. The van der Waals surface area contributed by atoms with Crippen LogP contribution in [0.25, 0.3) is 0 Å². The van der Waals surface area contributed by atoms with Crippen LogP contribution in [0.2, 0.25) is 0 Å². The molecule has 24 heavy (non-hydrogen) atoms. The zero-order chi connectivity index (χ0) is 17.6. The van der Waals surface area contributed by atoms with Crippen molar-refractivity contribution in [1.82, 2.24) is 9.55 Å². The highest BCUT2D eigenvalue weighted by Gasteiger charge is 2.27. The molecule has 0 aliphatic rings. The van der Waals surface area contributed by atoms with Crippen molar-refractivity contribution < 1.29 is 13.2 Å². The van der Waals surface area contributed by atoms with Crippen LogP contribution in [0.1, 0.15) is 19.8 Å². The molecule has 0 saturated carbocycles. The van der Waals surface area contributed by atoms with Crippen molar-refractivity contribution in [2.75, 3.05) is 24.1 Å². The summed E-state index contributed by atoms with van der Waals surface area (Å²) in [7, 11) is -1.99. The molecular formula is C16H22BrN3O3S. The van der Waals surface area contributed by atoms with Gasteiger partial charge in [0.05, 0.1) is 25.2 Å². The Morgan fingerprint density at radius 1 is 1.25 bits per heavy atom. The molecule has 8 heteroatoms.